The van der Waals surface area contributed by atoms with Crippen molar-refractivity contribution in [2.24, 2.45) is 10.9 Å². The lowest BCUT2D eigenvalue weighted by atomic mass is 10.2. The van der Waals surface area contributed by atoms with Gasteiger partial charge in [-0.3, -0.25) is 4.98 Å². The molecule has 0 amide bonds. The van der Waals surface area contributed by atoms with Gasteiger partial charge < -0.3 is 10.6 Å². The molecule has 2 aromatic rings. The van der Waals surface area contributed by atoms with Crippen molar-refractivity contribution in [2.75, 3.05) is 6.54 Å². The molecule has 0 spiro atoms. The van der Waals surface area contributed by atoms with Gasteiger partial charge in [-0.15, -0.1) is 35.3 Å². The number of pyridine rings is 1. The third-order valence-corrected chi connectivity index (χ3v) is 3.69. The summed E-state index contributed by atoms with van der Waals surface area (Å²) >= 11 is 1.75. The molecule has 0 saturated heterocycles. The molecular formula is C16H23IN4S. The monoisotopic (exact) mass is 430 g/mol. The van der Waals surface area contributed by atoms with Crippen molar-refractivity contribution in [2.45, 2.75) is 26.9 Å². The first kappa shape index (κ1) is 18.9. The van der Waals surface area contributed by atoms with Crippen LogP contribution in [0.1, 0.15) is 24.4 Å². The fourth-order valence-corrected chi connectivity index (χ4v) is 2.36. The third-order valence-electron chi connectivity index (χ3n) is 2.81. The van der Waals surface area contributed by atoms with Gasteiger partial charge in [0.05, 0.1) is 18.8 Å². The van der Waals surface area contributed by atoms with Crippen molar-refractivity contribution in [3.63, 3.8) is 0 Å². The van der Waals surface area contributed by atoms with Gasteiger partial charge in [-0.2, -0.15) is 0 Å². The van der Waals surface area contributed by atoms with E-state index in [0.29, 0.717) is 12.5 Å². The molecule has 0 aliphatic carbocycles. The van der Waals surface area contributed by atoms with Crippen molar-refractivity contribution in [1.82, 2.24) is 15.6 Å². The minimum atomic E-state index is 0. The second-order valence-corrected chi connectivity index (χ2v) is 6.23. The molecule has 0 unspecified atom stereocenters. The van der Waals surface area contributed by atoms with Gasteiger partial charge in [-0.1, -0.05) is 26.0 Å². The van der Waals surface area contributed by atoms with Crippen LogP contribution >= 0.6 is 35.3 Å². The summed E-state index contributed by atoms with van der Waals surface area (Å²) in [4.78, 5) is 10.2. The molecule has 0 atom stereocenters. The van der Waals surface area contributed by atoms with Crippen LogP contribution < -0.4 is 10.6 Å². The Kier molecular flexibility index (Phi) is 9.07. The van der Waals surface area contributed by atoms with Gasteiger partial charge in [0, 0.05) is 17.6 Å². The normalized spacial score (nSPS) is 11.1. The number of hydrogen-bond donors (Lipinski definition) is 2. The second kappa shape index (κ2) is 10.6. The van der Waals surface area contributed by atoms with Gasteiger partial charge >= 0.3 is 0 Å². The van der Waals surface area contributed by atoms with Crippen molar-refractivity contribution in [3.05, 3.63) is 52.5 Å². The van der Waals surface area contributed by atoms with E-state index in [9.17, 15) is 0 Å². The Bertz CT molecular complexity index is 541. The molecule has 120 valence electrons. The van der Waals surface area contributed by atoms with Crippen molar-refractivity contribution < 1.29 is 0 Å². The standard InChI is InChI=1S/C16H22N4S.HI/c1-13(2)10-18-16(20-12-15-7-5-9-21-15)19-11-14-6-3-4-8-17-14;/h3-9,13H,10-12H2,1-2H3,(H2,18,19,20);1H. The van der Waals surface area contributed by atoms with Gasteiger partial charge in [-0.05, 0) is 29.5 Å². The van der Waals surface area contributed by atoms with Crippen molar-refractivity contribution >= 4 is 41.3 Å². The largest absolute Gasteiger partial charge is 0.356 e. The summed E-state index contributed by atoms with van der Waals surface area (Å²) in [5.41, 5.74) is 0.972. The molecule has 2 heterocycles. The van der Waals surface area contributed by atoms with E-state index in [1.165, 1.54) is 4.88 Å². The lowest BCUT2D eigenvalue weighted by Gasteiger charge is -2.13. The summed E-state index contributed by atoms with van der Waals surface area (Å²) in [5, 5.41) is 8.82. The highest BCUT2D eigenvalue weighted by atomic mass is 127. The maximum absolute atomic E-state index is 4.60. The van der Waals surface area contributed by atoms with Crippen molar-refractivity contribution in [3.8, 4) is 0 Å². The van der Waals surface area contributed by atoms with Crippen LogP contribution in [-0.2, 0) is 13.1 Å². The number of hydrogen-bond acceptors (Lipinski definition) is 3. The number of halogens is 1. The predicted molar refractivity (Wildman–Crippen MR) is 105 cm³/mol. The molecule has 4 nitrogen and oxygen atoms in total. The maximum Gasteiger partial charge on any atom is 0.191 e. The van der Waals surface area contributed by atoms with Crippen LogP contribution in [0.4, 0.5) is 0 Å². The van der Waals surface area contributed by atoms with Crippen LogP contribution in [0.3, 0.4) is 0 Å². The highest BCUT2D eigenvalue weighted by Crippen LogP contribution is 2.07. The Morgan fingerprint density at radius 1 is 1.23 bits per heavy atom. The fourth-order valence-electron chi connectivity index (χ4n) is 1.71. The summed E-state index contributed by atoms with van der Waals surface area (Å²) in [7, 11) is 0. The van der Waals surface area contributed by atoms with E-state index in [4.69, 9.17) is 0 Å². The third kappa shape index (κ3) is 7.22. The molecule has 0 aromatic carbocycles. The summed E-state index contributed by atoms with van der Waals surface area (Å²) in [6.07, 6.45) is 1.80. The first-order valence-electron chi connectivity index (χ1n) is 7.18. The lowest BCUT2D eigenvalue weighted by molar-refractivity contribution is 0.613. The number of rotatable bonds is 6. The zero-order chi connectivity index (χ0) is 14.9. The van der Waals surface area contributed by atoms with E-state index < -0.39 is 0 Å². The topological polar surface area (TPSA) is 49.3 Å². The molecule has 0 aliphatic rings. The Morgan fingerprint density at radius 2 is 2.09 bits per heavy atom. The number of thiophene rings is 1. The van der Waals surface area contributed by atoms with Crippen molar-refractivity contribution in [1.29, 1.82) is 0 Å². The van der Waals surface area contributed by atoms with Gasteiger partial charge in [0.25, 0.3) is 0 Å². The number of nitrogens with zero attached hydrogens (tertiary/aromatic N) is 2. The first-order valence-corrected chi connectivity index (χ1v) is 8.06. The molecule has 0 aliphatic heterocycles. The fraction of sp³-hybridized carbons (Fsp3) is 0.375. The Labute approximate surface area is 153 Å². The summed E-state index contributed by atoms with van der Waals surface area (Å²) < 4.78 is 0. The molecule has 2 aromatic heterocycles. The zero-order valence-corrected chi connectivity index (χ0v) is 16.1. The molecule has 0 fully saturated rings. The van der Waals surface area contributed by atoms with Gasteiger partial charge in [0.2, 0.25) is 0 Å². The van der Waals surface area contributed by atoms with Gasteiger partial charge in [0.15, 0.2) is 5.96 Å². The number of nitrogens with one attached hydrogen (secondary N) is 2. The SMILES string of the molecule is CC(C)CNC(=NCc1ccccn1)NCc1cccs1.I. The van der Waals surface area contributed by atoms with E-state index in [0.717, 1.165) is 24.7 Å². The molecule has 2 rings (SSSR count). The maximum atomic E-state index is 4.60. The summed E-state index contributed by atoms with van der Waals surface area (Å²) in [6.45, 7) is 6.65. The average Bonchev–Trinajstić information content (AvgIpc) is 3.00. The van der Waals surface area contributed by atoms with Crippen LogP contribution in [0.25, 0.3) is 0 Å². The minimum Gasteiger partial charge on any atom is -0.356 e. The number of aromatic nitrogens is 1. The zero-order valence-electron chi connectivity index (χ0n) is 13.0. The highest BCUT2D eigenvalue weighted by molar-refractivity contribution is 14.0. The molecule has 0 saturated carbocycles. The smallest absolute Gasteiger partial charge is 0.191 e. The average molecular weight is 430 g/mol. The molecule has 0 bridgehead atoms. The number of guanidine groups is 1. The second-order valence-electron chi connectivity index (χ2n) is 5.19. The predicted octanol–water partition coefficient (Wildman–Crippen LogP) is 3.65. The van der Waals surface area contributed by atoms with E-state index in [1.54, 1.807) is 17.5 Å². The van der Waals surface area contributed by atoms with Gasteiger partial charge in [0.1, 0.15) is 0 Å². The Balaban J connectivity index is 0.00000242. The minimum absolute atomic E-state index is 0. The number of aliphatic imine (C=N–C) groups is 1. The highest BCUT2D eigenvalue weighted by Gasteiger charge is 2.02. The Hall–Kier alpha value is -1.15. The summed E-state index contributed by atoms with van der Waals surface area (Å²) in [5.74, 6) is 1.41. The quantitative estimate of drug-likeness (QED) is 0.418. The van der Waals surface area contributed by atoms with Crippen LogP contribution in [0, 0.1) is 5.92 Å². The van der Waals surface area contributed by atoms with Crippen LogP contribution in [0.2, 0.25) is 0 Å². The molecule has 0 radical (unpaired) electrons. The first-order chi connectivity index (χ1) is 10.2. The summed E-state index contributed by atoms with van der Waals surface area (Å²) in [6, 6.07) is 10.1. The molecule has 22 heavy (non-hydrogen) atoms. The van der Waals surface area contributed by atoms with E-state index in [2.05, 4.69) is 52.0 Å². The molecular weight excluding hydrogens is 407 g/mol. The van der Waals surface area contributed by atoms with E-state index >= 15 is 0 Å². The van der Waals surface area contributed by atoms with Crippen LogP contribution in [0.5, 0.6) is 0 Å². The van der Waals surface area contributed by atoms with E-state index in [-0.39, 0.29) is 24.0 Å². The van der Waals surface area contributed by atoms with Crippen LogP contribution in [0.15, 0.2) is 46.9 Å². The molecule has 6 heteroatoms. The lowest BCUT2D eigenvalue weighted by Crippen LogP contribution is -2.38. The Morgan fingerprint density at radius 3 is 2.73 bits per heavy atom. The van der Waals surface area contributed by atoms with Crippen LogP contribution in [-0.4, -0.2) is 17.5 Å². The van der Waals surface area contributed by atoms with Gasteiger partial charge in [-0.25, -0.2) is 4.99 Å². The van der Waals surface area contributed by atoms with E-state index in [1.807, 2.05) is 18.2 Å². The molecule has 2 N–H and O–H groups in total.